The number of aliphatic carboxylic acids is 1. The fraction of sp³-hybridized carbons (Fsp3) is 0.659. The van der Waals surface area contributed by atoms with Gasteiger partial charge in [-0.25, -0.2) is 4.79 Å². The number of nitrogens with two attached hydrogens (primary N) is 2. The molecule has 0 unspecified atom stereocenters. The van der Waals surface area contributed by atoms with Crippen LogP contribution in [0.5, 0.6) is 5.75 Å². The Morgan fingerprint density at radius 1 is 0.623 bits per heavy atom. The quantitative estimate of drug-likeness (QED) is 0.0435. The summed E-state index contributed by atoms with van der Waals surface area (Å²) < 4.78 is 0. The molecule has 61 heavy (non-hydrogen) atoms. The fourth-order valence-corrected chi connectivity index (χ4v) is 6.13. The smallest absolute Gasteiger partial charge is 0.326 e. The number of nitrogens with one attached hydrogen (secondary N) is 7. The molecule has 0 aliphatic heterocycles. The molecule has 0 radical (unpaired) electrons. The number of carbonyl (C=O) groups excluding carboxylic acids is 7. The van der Waals surface area contributed by atoms with E-state index in [2.05, 4.69) is 37.2 Å². The van der Waals surface area contributed by atoms with Crippen LogP contribution in [0.25, 0.3) is 0 Å². The van der Waals surface area contributed by atoms with Crippen molar-refractivity contribution < 1.29 is 53.7 Å². The summed E-state index contributed by atoms with van der Waals surface area (Å²) in [6, 6.07) is -1.91. The van der Waals surface area contributed by atoms with Gasteiger partial charge in [-0.2, -0.15) is 0 Å². The van der Waals surface area contributed by atoms with Gasteiger partial charge in [0.25, 0.3) is 0 Å². The number of carboxylic acids is 1. The van der Waals surface area contributed by atoms with Gasteiger partial charge in [0.1, 0.15) is 42.0 Å². The number of hydrogen-bond donors (Lipinski definition) is 12. The van der Waals surface area contributed by atoms with Crippen LogP contribution in [0, 0.1) is 17.8 Å². The van der Waals surface area contributed by atoms with Crippen LogP contribution in [-0.2, 0) is 44.8 Å². The van der Waals surface area contributed by atoms with Crippen LogP contribution in [0.15, 0.2) is 24.3 Å². The molecule has 0 aliphatic carbocycles. The van der Waals surface area contributed by atoms with Gasteiger partial charge < -0.3 is 64.0 Å². The minimum absolute atomic E-state index is 0.0634. The van der Waals surface area contributed by atoms with Gasteiger partial charge in [0.05, 0.1) is 19.2 Å². The van der Waals surface area contributed by atoms with E-state index in [4.69, 9.17) is 11.5 Å². The fourth-order valence-electron chi connectivity index (χ4n) is 6.13. The molecule has 0 spiro atoms. The first-order valence-electron chi connectivity index (χ1n) is 20.9. The first kappa shape index (κ1) is 53.7. The van der Waals surface area contributed by atoms with Crippen LogP contribution < -0.4 is 48.7 Å². The molecule has 9 atom stereocenters. The number of aliphatic hydroxyl groups is 1. The number of rotatable bonds is 28. The number of hydrogen-bond acceptors (Lipinski definition) is 12. The molecule has 14 N–H and O–H groups in total. The van der Waals surface area contributed by atoms with E-state index in [1.165, 1.54) is 31.2 Å². The molecule has 20 nitrogen and oxygen atoms in total. The maximum absolute atomic E-state index is 13.8. The standard InChI is InChI=1S/C41H69N9O11/c1-8-23(5)33(48-31(53)20-43)39(58)46-29(18-22(3)4)38(57)50-35(25(7)51)40(59)47-30(19-26-13-15-27(52)16-14-26)36(55)44-21-32(54)45-28(12-10-11-17-42)37(56)49-34(41(60)61)24(6)9-2/h13-16,22-25,28-30,33-35,51-52H,8-12,17-21,42-43H2,1-7H3,(H,44,55)(H,45,54)(H,46,58)(H,47,59)(H,48,53)(H,49,56)(H,50,57)(H,60,61)/t23-,24-,25+,28-,29-,30-,33-,34-,35-/m0/s1. The summed E-state index contributed by atoms with van der Waals surface area (Å²) in [4.78, 5) is 105. The molecule has 1 aromatic carbocycles. The van der Waals surface area contributed by atoms with Crippen molar-refractivity contribution in [2.75, 3.05) is 19.6 Å². The van der Waals surface area contributed by atoms with E-state index in [1.54, 1.807) is 34.6 Å². The molecule has 7 amide bonds. The lowest BCUT2D eigenvalue weighted by molar-refractivity contribution is -0.143. The largest absolute Gasteiger partial charge is 0.508 e. The number of aromatic hydroxyl groups is 1. The lowest BCUT2D eigenvalue weighted by atomic mass is 9.96. The zero-order chi connectivity index (χ0) is 46.4. The van der Waals surface area contributed by atoms with Crippen molar-refractivity contribution in [3.05, 3.63) is 29.8 Å². The number of phenolic OH excluding ortho intramolecular Hbond substituents is 1. The number of aliphatic hydroxyl groups excluding tert-OH is 1. The van der Waals surface area contributed by atoms with Crippen molar-refractivity contribution >= 4 is 47.3 Å². The van der Waals surface area contributed by atoms with E-state index in [1.807, 2.05) is 6.92 Å². The molecule has 0 aromatic heterocycles. The van der Waals surface area contributed by atoms with E-state index in [9.17, 15) is 53.7 Å². The number of carbonyl (C=O) groups is 8. The summed E-state index contributed by atoms with van der Waals surface area (Å²) in [5.41, 5.74) is 11.5. The van der Waals surface area contributed by atoms with E-state index in [0.717, 1.165) is 0 Å². The molecular weight excluding hydrogens is 795 g/mol. The summed E-state index contributed by atoms with van der Waals surface area (Å²) >= 11 is 0. The molecule has 0 saturated carbocycles. The van der Waals surface area contributed by atoms with Gasteiger partial charge in [0, 0.05) is 6.42 Å². The van der Waals surface area contributed by atoms with Crippen molar-refractivity contribution in [2.45, 2.75) is 136 Å². The third-order valence-corrected chi connectivity index (χ3v) is 10.2. The molecule has 0 fully saturated rings. The topological polar surface area (TPSA) is 334 Å². The first-order valence-corrected chi connectivity index (χ1v) is 20.9. The summed E-state index contributed by atoms with van der Waals surface area (Å²) in [7, 11) is 0. The first-order chi connectivity index (χ1) is 28.7. The minimum Gasteiger partial charge on any atom is -0.508 e. The molecule has 20 heteroatoms. The van der Waals surface area contributed by atoms with Gasteiger partial charge >= 0.3 is 5.97 Å². The van der Waals surface area contributed by atoms with Crippen LogP contribution in [0.3, 0.4) is 0 Å². The van der Waals surface area contributed by atoms with Gasteiger partial charge in [-0.05, 0) is 74.6 Å². The minimum atomic E-state index is -1.64. The lowest BCUT2D eigenvalue weighted by Crippen LogP contribution is -2.61. The van der Waals surface area contributed by atoms with Crippen LogP contribution >= 0.6 is 0 Å². The lowest BCUT2D eigenvalue weighted by Gasteiger charge is -2.29. The zero-order valence-electron chi connectivity index (χ0n) is 36.4. The van der Waals surface area contributed by atoms with Crippen molar-refractivity contribution in [1.29, 1.82) is 0 Å². The van der Waals surface area contributed by atoms with E-state index in [-0.39, 0.29) is 43.4 Å². The van der Waals surface area contributed by atoms with Crippen molar-refractivity contribution in [3.8, 4) is 5.75 Å². The highest BCUT2D eigenvalue weighted by Gasteiger charge is 2.35. The molecule has 0 aliphatic rings. The Morgan fingerprint density at radius 2 is 1.16 bits per heavy atom. The maximum atomic E-state index is 13.8. The number of amides is 7. The van der Waals surface area contributed by atoms with Gasteiger partial charge in [0.2, 0.25) is 41.4 Å². The second kappa shape index (κ2) is 27.5. The zero-order valence-corrected chi connectivity index (χ0v) is 36.4. The summed E-state index contributed by atoms with van der Waals surface area (Å²) in [6.07, 6.45) is 0.497. The predicted octanol–water partition coefficient (Wildman–Crippen LogP) is -1.35. The average molecular weight is 864 g/mol. The third kappa shape index (κ3) is 19.3. The second-order valence-electron chi connectivity index (χ2n) is 15.8. The highest BCUT2D eigenvalue weighted by molar-refractivity contribution is 5.97. The molecule has 1 aromatic rings. The van der Waals surface area contributed by atoms with Gasteiger partial charge in [-0.1, -0.05) is 66.5 Å². The number of phenols is 1. The number of benzene rings is 1. The molecular formula is C41H69N9O11. The Morgan fingerprint density at radius 3 is 1.69 bits per heavy atom. The molecule has 344 valence electrons. The third-order valence-electron chi connectivity index (χ3n) is 10.2. The monoisotopic (exact) mass is 864 g/mol. The Hall–Kier alpha value is -5.34. The summed E-state index contributed by atoms with van der Waals surface area (Å²) in [5, 5.41) is 47.9. The second-order valence-corrected chi connectivity index (χ2v) is 15.8. The van der Waals surface area contributed by atoms with Crippen molar-refractivity contribution in [2.24, 2.45) is 29.2 Å². The Bertz CT molecular complexity index is 1610. The van der Waals surface area contributed by atoms with Gasteiger partial charge in [-0.3, -0.25) is 33.6 Å². The van der Waals surface area contributed by atoms with Crippen LogP contribution in [0.2, 0.25) is 0 Å². The van der Waals surface area contributed by atoms with Gasteiger partial charge in [0.15, 0.2) is 0 Å². The van der Waals surface area contributed by atoms with Crippen LogP contribution in [-0.4, -0.2) is 125 Å². The highest BCUT2D eigenvalue weighted by atomic mass is 16.4. The molecule has 0 saturated heterocycles. The van der Waals surface area contributed by atoms with E-state index in [0.29, 0.717) is 37.8 Å². The van der Waals surface area contributed by atoms with Crippen LogP contribution in [0.1, 0.15) is 92.6 Å². The van der Waals surface area contributed by atoms with E-state index >= 15 is 0 Å². The van der Waals surface area contributed by atoms with Crippen molar-refractivity contribution in [1.82, 2.24) is 37.2 Å². The molecule has 0 bridgehead atoms. The van der Waals surface area contributed by atoms with E-state index < -0.39 is 102 Å². The molecule has 1 rings (SSSR count). The maximum Gasteiger partial charge on any atom is 0.326 e. The SMILES string of the molecule is CC[C@H](C)[C@H](NC(=O)[C@H](CCCCN)NC(=O)CNC(=O)[C@H](Cc1ccc(O)cc1)NC(=O)[C@@H](NC(=O)[C@H](CC(C)C)NC(=O)[C@@H](NC(=O)CN)[C@@H](C)CC)[C@@H](C)O)C(=O)O. The summed E-state index contributed by atoms with van der Waals surface area (Å²) in [5.74, 6) is -7.57. The Kier molecular flexibility index (Phi) is 24.2. The Balaban J connectivity index is 3.30. The highest BCUT2D eigenvalue weighted by Crippen LogP contribution is 2.14. The number of carboxylic acid groups (broad SMARTS) is 1. The normalized spacial score (nSPS) is 15.6. The molecule has 0 heterocycles. The predicted molar refractivity (Wildman–Crippen MR) is 226 cm³/mol. The summed E-state index contributed by atoms with van der Waals surface area (Å²) in [6.45, 7) is 11.2. The van der Waals surface area contributed by atoms with Crippen molar-refractivity contribution in [3.63, 3.8) is 0 Å². The van der Waals surface area contributed by atoms with Crippen LogP contribution in [0.4, 0.5) is 0 Å². The Labute approximate surface area is 357 Å². The average Bonchev–Trinajstić information content (AvgIpc) is 3.21. The number of unbranched alkanes of at least 4 members (excludes halogenated alkanes) is 1. The van der Waals surface area contributed by atoms with Gasteiger partial charge in [-0.15, -0.1) is 0 Å².